The van der Waals surface area contributed by atoms with Gasteiger partial charge >= 0.3 is 0 Å². The lowest BCUT2D eigenvalue weighted by molar-refractivity contribution is 0.660. The minimum atomic E-state index is 0.492. The first kappa shape index (κ1) is 14.9. The van der Waals surface area contributed by atoms with Crippen molar-refractivity contribution in [2.75, 3.05) is 24.0 Å². The Balaban J connectivity index is 2.31. The van der Waals surface area contributed by atoms with Crippen molar-refractivity contribution in [3.05, 3.63) is 16.5 Å². The summed E-state index contributed by atoms with van der Waals surface area (Å²) < 4.78 is 0. The van der Waals surface area contributed by atoms with Gasteiger partial charge in [0.25, 0.3) is 0 Å². The van der Waals surface area contributed by atoms with Crippen molar-refractivity contribution in [2.45, 2.75) is 45.1 Å². The van der Waals surface area contributed by atoms with Crippen molar-refractivity contribution >= 4 is 29.2 Å². The second-order valence-electron chi connectivity index (χ2n) is 5.22. The molecule has 0 N–H and O–H groups in total. The number of thioether (sulfide) groups is 1. The monoisotopic (exact) mass is 299 g/mol. The first-order valence-electron chi connectivity index (χ1n) is 6.84. The molecular weight excluding hydrogens is 278 g/mol. The molecule has 0 bridgehead atoms. The van der Waals surface area contributed by atoms with Crippen molar-refractivity contribution in [3.63, 3.8) is 0 Å². The van der Waals surface area contributed by atoms with Gasteiger partial charge in [0.1, 0.15) is 16.8 Å². The van der Waals surface area contributed by atoms with Gasteiger partial charge in [0.2, 0.25) is 0 Å². The van der Waals surface area contributed by atoms with Gasteiger partial charge in [0.05, 0.1) is 0 Å². The van der Waals surface area contributed by atoms with Crippen LogP contribution in [0.3, 0.4) is 0 Å². The molecule has 0 aromatic carbocycles. The molecule has 19 heavy (non-hydrogen) atoms. The number of anilines is 1. The normalized spacial score (nSPS) is 16.5. The van der Waals surface area contributed by atoms with Crippen LogP contribution in [0.2, 0.25) is 5.15 Å². The van der Waals surface area contributed by atoms with Gasteiger partial charge in [-0.15, -0.1) is 0 Å². The van der Waals surface area contributed by atoms with E-state index in [1.165, 1.54) is 12.8 Å². The summed E-state index contributed by atoms with van der Waals surface area (Å²) in [7, 11) is 2.12. The standard InChI is InChI=1S/C14H22ClN3S/c1-5-11(8-19-4)18(3)14-9(2)12(15)16-13(17-14)10-6-7-10/h10-11H,5-8H2,1-4H3. The van der Waals surface area contributed by atoms with Gasteiger partial charge in [-0.25, -0.2) is 9.97 Å². The van der Waals surface area contributed by atoms with Gasteiger partial charge in [-0.05, 0) is 32.4 Å². The lowest BCUT2D eigenvalue weighted by Gasteiger charge is -2.29. The molecule has 1 aromatic heterocycles. The number of hydrogen-bond acceptors (Lipinski definition) is 4. The Morgan fingerprint density at radius 3 is 2.63 bits per heavy atom. The highest BCUT2D eigenvalue weighted by Gasteiger charge is 2.29. The minimum absolute atomic E-state index is 0.492. The third kappa shape index (κ3) is 3.34. The van der Waals surface area contributed by atoms with Gasteiger partial charge in [-0.3, -0.25) is 0 Å². The molecule has 1 aromatic rings. The maximum Gasteiger partial charge on any atom is 0.137 e. The van der Waals surface area contributed by atoms with E-state index in [0.29, 0.717) is 17.1 Å². The van der Waals surface area contributed by atoms with Gasteiger partial charge < -0.3 is 4.90 Å². The molecule has 1 atom stereocenters. The summed E-state index contributed by atoms with van der Waals surface area (Å²) in [6.07, 6.45) is 5.65. The molecule has 1 aliphatic carbocycles. The molecule has 0 radical (unpaired) electrons. The number of hydrogen-bond donors (Lipinski definition) is 0. The van der Waals surface area contributed by atoms with Gasteiger partial charge in [0, 0.05) is 30.3 Å². The van der Waals surface area contributed by atoms with E-state index in [9.17, 15) is 0 Å². The van der Waals surface area contributed by atoms with Gasteiger partial charge in [0.15, 0.2) is 0 Å². The van der Waals surface area contributed by atoms with Crippen LogP contribution in [0.1, 0.15) is 43.5 Å². The average Bonchev–Trinajstić information content (AvgIpc) is 3.22. The van der Waals surface area contributed by atoms with Gasteiger partial charge in [-0.2, -0.15) is 11.8 Å². The molecule has 106 valence electrons. The molecule has 5 heteroatoms. The maximum absolute atomic E-state index is 6.28. The Morgan fingerprint density at radius 1 is 1.42 bits per heavy atom. The van der Waals surface area contributed by atoms with E-state index >= 15 is 0 Å². The second-order valence-corrected chi connectivity index (χ2v) is 6.49. The Morgan fingerprint density at radius 2 is 2.11 bits per heavy atom. The number of rotatable bonds is 6. The summed E-state index contributed by atoms with van der Waals surface area (Å²) in [4.78, 5) is 11.5. The van der Waals surface area contributed by atoms with Crippen molar-refractivity contribution in [2.24, 2.45) is 0 Å². The predicted molar refractivity (Wildman–Crippen MR) is 84.6 cm³/mol. The molecule has 3 nitrogen and oxygen atoms in total. The fourth-order valence-corrected chi connectivity index (χ4v) is 3.25. The number of halogens is 1. The highest BCUT2D eigenvalue weighted by molar-refractivity contribution is 7.98. The summed E-state index contributed by atoms with van der Waals surface area (Å²) in [5, 5.41) is 0.609. The van der Waals surface area contributed by atoms with E-state index in [0.717, 1.165) is 29.4 Å². The first-order chi connectivity index (χ1) is 9.08. The summed E-state index contributed by atoms with van der Waals surface area (Å²) in [5.74, 6) is 3.57. The minimum Gasteiger partial charge on any atom is -0.356 e. The maximum atomic E-state index is 6.28. The Kier molecular flexibility index (Phi) is 4.96. The van der Waals surface area contributed by atoms with Crippen LogP contribution in [0.15, 0.2) is 0 Å². The molecule has 1 aliphatic rings. The van der Waals surface area contributed by atoms with Crippen molar-refractivity contribution in [1.29, 1.82) is 0 Å². The second kappa shape index (κ2) is 6.31. The van der Waals surface area contributed by atoms with Crippen LogP contribution < -0.4 is 4.90 Å². The van der Waals surface area contributed by atoms with Crippen molar-refractivity contribution < 1.29 is 0 Å². The van der Waals surface area contributed by atoms with Crippen LogP contribution in [-0.4, -0.2) is 35.1 Å². The topological polar surface area (TPSA) is 29.0 Å². The smallest absolute Gasteiger partial charge is 0.137 e. The predicted octanol–water partition coefficient (Wildman–Crippen LogP) is 3.89. The highest BCUT2D eigenvalue weighted by atomic mass is 35.5. The molecule has 0 spiro atoms. The van der Waals surface area contributed by atoms with Crippen molar-refractivity contribution in [1.82, 2.24) is 9.97 Å². The SMILES string of the molecule is CCC(CSC)N(C)c1nc(C2CC2)nc(Cl)c1C. The molecule has 1 fully saturated rings. The third-order valence-corrected chi connectivity index (χ3v) is 4.82. The third-order valence-electron chi connectivity index (χ3n) is 3.73. The highest BCUT2D eigenvalue weighted by Crippen LogP contribution is 2.40. The van der Waals surface area contributed by atoms with Crippen LogP contribution >= 0.6 is 23.4 Å². The van der Waals surface area contributed by atoms with E-state index in [1.54, 1.807) is 0 Å². The van der Waals surface area contributed by atoms with Crippen molar-refractivity contribution in [3.8, 4) is 0 Å². The molecule has 1 saturated carbocycles. The van der Waals surface area contributed by atoms with Crippen LogP contribution in [-0.2, 0) is 0 Å². The zero-order valence-electron chi connectivity index (χ0n) is 12.1. The molecule has 1 unspecified atom stereocenters. The molecule has 1 heterocycles. The molecular formula is C14H22ClN3S. The van der Waals surface area contributed by atoms with E-state index in [-0.39, 0.29) is 0 Å². The first-order valence-corrected chi connectivity index (χ1v) is 8.61. The fourth-order valence-electron chi connectivity index (χ4n) is 2.23. The zero-order chi connectivity index (χ0) is 14.0. The molecule has 0 amide bonds. The Labute approximate surface area is 125 Å². The largest absolute Gasteiger partial charge is 0.356 e. The summed E-state index contributed by atoms with van der Waals surface area (Å²) in [6.45, 7) is 4.23. The van der Waals surface area contributed by atoms with Gasteiger partial charge in [-0.1, -0.05) is 18.5 Å². The van der Waals surface area contributed by atoms with E-state index in [2.05, 4.69) is 30.1 Å². The lowest BCUT2D eigenvalue weighted by atomic mass is 10.2. The van der Waals surface area contributed by atoms with Crippen LogP contribution in [0.5, 0.6) is 0 Å². The summed E-state index contributed by atoms with van der Waals surface area (Å²) in [6, 6.07) is 0.492. The van der Waals surface area contributed by atoms with Crippen LogP contribution in [0, 0.1) is 6.92 Å². The van der Waals surface area contributed by atoms with E-state index < -0.39 is 0 Å². The van der Waals surface area contributed by atoms with Crippen LogP contribution in [0.4, 0.5) is 5.82 Å². The molecule has 2 rings (SSSR count). The quantitative estimate of drug-likeness (QED) is 0.745. The number of nitrogens with zero attached hydrogens (tertiary/aromatic N) is 3. The summed E-state index contributed by atoms with van der Waals surface area (Å²) >= 11 is 8.15. The zero-order valence-corrected chi connectivity index (χ0v) is 13.7. The van der Waals surface area contributed by atoms with E-state index in [4.69, 9.17) is 16.6 Å². The average molecular weight is 300 g/mol. The molecule has 0 saturated heterocycles. The van der Waals surface area contributed by atoms with Crippen LogP contribution in [0.25, 0.3) is 0 Å². The van der Waals surface area contributed by atoms with E-state index in [1.807, 2.05) is 18.7 Å². The summed E-state index contributed by atoms with van der Waals surface area (Å²) in [5.41, 5.74) is 0.994. The molecule has 0 aliphatic heterocycles. The fraction of sp³-hybridized carbons (Fsp3) is 0.714. The number of aromatic nitrogens is 2. The lowest BCUT2D eigenvalue weighted by Crippen LogP contribution is -2.34. The Bertz CT molecular complexity index is 449. The Hall–Kier alpha value is -0.480.